The lowest BCUT2D eigenvalue weighted by Gasteiger charge is -2.28. The molecular formula is C13H22N2O4. The fourth-order valence-electron chi connectivity index (χ4n) is 3.48. The second-order valence-corrected chi connectivity index (χ2v) is 5.84. The van der Waals surface area contributed by atoms with Gasteiger partial charge in [0.2, 0.25) is 0 Å². The van der Waals surface area contributed by atoms with E-state index in [2.05, 4.69) is 5.32 Å². The van der Waals surface area contributed by atoms with Crippen LogP contribution in [0.5, 0.6) is 0 Å². The first kappa shape index (κ1) is 14.1. The number of carboxylic acids is 1. The van der Waals surface area contributed by atoms with Gasteiger partial charge < -0.3 is 20.4 Å². The van der Waals surface area contributed by atoms with E-state index in [1.807, 2.05) is 0 Å². The van der Waals surface area contributed by atoms with Crippen molar-refractivity contribution in [3.05, 3.63) is 0 Å². The fraction of sp³-hybridized carbons (Fsp3) is 0.846. The van der Waals surface area contributed by atoms with Crippen LogP contribution in [0.3, 0.4) is 0 Å². The number of carboxylic acid groups (broad SMARTS) is 1. The third-order valence-electron chi connectivity index (χ3n) is 4.52. The average Bonchev–Trinajstić information content (AvgIpc) is 2.97. The van der Waals surface area contributed by atoms with Gasteiger partial charge in [0.15, 0.2) is 6.04 Å². The molecule has 0 aliphatic heterocycles. The summed E-state index contributed by atoms with van der Waals surface area (Å²) in [6.07, 6.45) is 5.06. The predicted octanol–water partition coefficient (Wildman–Crippen LogP) is 0.509. The molecule has 6 nitrogen and oxygen atoms in total. The summed E-state index contributed by atoms with van der Waals surface area (Å²) in [7, 11) is 1.68. The summed E-state index contributed by atoms with van der Waals surface area (Å²) in [5.74, 6) is 0.889. The normalized spacial score (nSPS) is 30.1. The molecule has 0 spiro atoms. The van der Waals surface area contributed by atoms with Crippen LogP contribution in [0.15, 0.2) is 0 Å². The molecule has 2 amide bonds. The zero-order chi connectivity index (χ0) is 14.0. The number of hydrogen-bond acceptors (Lipinski definition) is 3. The van der Waals surface area contributed by atoms with Crippen LogP contribution in [0.2, 0.25) is 0 Å². The number of urea groups is 1. The molecule has 2 aliphatic carbocycles. The Morgan fingerprint density at radius 1 is 1.37 bits per heavy atom. The quantitative estimate of drug-likeness (QED) is 0.679. The summed E-state index contributed by atoms with van der Waals surface area (Å²) < 4.78 is 0. The monoisotopic (exact) mass is 270 g/mol. The molecule has 2 rings (SSSR count). The van der Waals surface area contributed by atoms with E-state index in [1.54, 1.807) is 7.05 Å². The summed E-state index contributed by atoms with van der Waals surface area (Å²) in [6, 6.07) is -1.65. The molecule has 2 fully saturated rings. The van der Waals surface area contributed by atoms with Gasteiger partial charge in [-0.2, -0.15) is 0 Å². The number of hydrogen-bond donors (Lipinski definition) is 3. The van der Waals surface area contributed by atoms with Crippen molar-refractivity contribution in [2.45, 2.75) is 31.7 Å². The molecule has 19 heavy (non-hydrogen) atoms. The number of carbonyl (C=O) groups excluding carboxylic acids is 1. The van der Waals surface area contributed by atoms with Gasteiger partial charge in [-0.1, -0.05) is 6.42 Å². The summed E-state index contributed by atoms with van der Waals surface area (Å²) in [6.45, 7) is 0.0772. The Hall–Kier alpha value is -1.30. The van der Waals surface area contributed by atoms with Crippen molar-refractivity contribution in [2.75, 3.05) is 20.2 Å². The van der Waals surface area contributed by atoms with Crippen molar-refractivity contribution in [3.63, 3.8) is 0 Å². The van der Waals surface area contributed by atoms with E-state index < -0.39 is 24.6 Å². The van der Waals surface area contributed by atoms with E-state index in [0.29, 0.717) is 12.5 Å². The molecule has 108 valence electrons. The fourth-order valence-corrected chi connectivity index (χ4v) is 3.48. The molecule has 0 saturated heterocycles. The predicted molar refractivity (Wildman–Crippen MR) is 68.6 cm³/mol. The summed E-state index contributed by atoms with van der Waals surface area (Å²) in [5.41, 5.74) is 0. The molecule has 3 N–H and O–H groups in total. The van der Waals surface area contributed by atoms with E-state index >= 15 is 0 Å². The number of amides is 2. The minimum atomic E-state index is -1.23. The summed E-state index contributed by atoms with van der Waals surface area (Å²) >= 11 is 0. The Labute approximate surface area is 112 Å². The molecule has 0 aromatic heterocycles. The van der Waals surface area contributed by atoms with Crippen molar-refractivity contribution < 1.29 is 19.8 Å². The van der Waals surface area contributed by atoms with E-state index in [9.17, 15) is 9.59 Å². The van der Waals surface area contributed by atoms with Gasteiger partial charge in [-0.15, -0.1) is 0 Å². The van der Waals surface area contributed by atoms with Gasteiger partial charge in [-0.25, -0.2) is 9.59 Å². The zero-order valence-corrected chi connectivity index (χ0v) is 11.2. The van der Waals surface area contributed by atoms with Gasteiger partial charge in [-0.3, -0.25) is 0 Å². The maximum absolute atomic E-state index is 11.9. The van der Waals surface area contributed by atoms with Crippen LogP contribution in [0.4, 0.5) is 4.79 Å². The second-order valence-electron chi connectivity index (χ2n) is 5.84. The lowest BCUT2D eigenvalue weighted by atomic mass is 9.88. The first-order chi connectivity index (χ1) is 9.01. The number of nitrogens with one attached hydrogen (secondary N) is 1. The van der Waals surface area contributed by atoms with Gasteiger partial charge in [0.05, 0.1) is 6.61 Å². The lowest BCUT2D eigenvalue weighted by molar-refractivity contribution is -0.140. The van der Waals surface area contributed by atoms with E-state index in [4.69, 9.17) is 10.2 Å². The van der Waals surface area contributed by atoms with E-state index in [1.165, 1.54) is 30.6 Å². The number of aliphatic hydroxyl groups excluding tert-OH is 1. The number of carbonyl (C=O) groups is 2. The van der Waals surface area contributed by atoms with Crippen LogP contribution < -0.4 is 5.32 Å². The number of nitrogens with zero attached hydrogens (tertiary/aromatic N) is 1. The average molecular weight is 270 g/mol. The molecule has 4 atom stereocenters. The van der Waals surface area contributed by atoms with Crippen molar-refractivity contribution in [3.8, 4) is 0 Å². The standard InChI is InChI=1S/C13H22N2O4/c1-15(13(19)14-11(7-16)12(17)18)6-10-5-8-2-3-9(10)4-8/h8-11,16H,2-7H2,1H3,(H,14,19)(H,17,18)/t8?,9?,10?,11-/m1/s1. The first-order valence-electron chi connectivity index (χ1n) is 6.86. The molecule has 0 radical (unpaired) electrons. The highest BCUT2D eigenvalue weighted by molar-refractivity contribution is 5.82. The number of fused-ring (bicyclic) bond motifs is 2. The van der Waals surface area contributed by atoms with Gasteiger partial charge in [0.1, 0.15) is 0 Å². The largest absolute Gasteiger partial charge is 0.480 e. The Morgan fingerprint density at radius 2 is 2.11 bits per heavy atom. The number of aliphatic hydroxyl groups is 1. The van der Waals surface area contributed by atoms with Gasteiger partial charge >= 0.3 is 12.0 Å². The highest BCUT2D eigenvalue weighted by Crippen LogP contribution is 2.48. The van der Waals surface area contributed by atoms with Crippen LogP contribution >= 0.6 is 0 Å². The minimum absolute atomic E-state index is 0.427. The van der Waals surface area contributed by atoms with Crippen LogP contribution in [-0.2, 0) is 4.79 Å². The van der Waals surface area contributed by atoms with E-state index in [0.717, 1.165) is 11.8 Å². The van der Waals surface area contributed by atoms with Crippen molar-refractivity contribution in [1.29, 1.82) is 0 Å². The Kier molecular flexibility index (Phi) is 4.29. The van der Waals surface area contributed by atoms with Crippen molar-refractivity contribution >= 4 is 12.0 Å². The van der Waals surface area contributed by atoms with Crippen molar-refractivity contribution in [2.24, 2.45) is 17.8 Å². The summed E-state index contributed by atoms with van der Waals surface area (Å²) in [4.78, 5) is 24.1. The van der Waals surface area contributed by atoms with E-state index in [-0.39, 0.29) is 0 Å². The third kappa shape index (κ3) is 3.18. The van der Waals surface area contributed by atoms with Gasteiger partial charge in [-0.05, 0) is 37.0 Å². The molecule has 0 heterocycles. The van der Waals surface area contributed by atoms with Crippen LogP contribution in [0.1, 0.15) is 25.7 Å². The first-order valence-corrected chi connectivity index (χ1v) is 6.86. The van der Waals surface area contributed by atoms with Crippen molar-refractivity contribution in [1.82, 2.24) is 10.2 Å². The third-order valence-corrected chi connectivity index (χ3v) is 4.52. The molecular weight excluding hydrogens is 248 g/mol. The molecule has 2 bridgehead atoms. The molecule has 3 unspecified atom stereocenters. The molecule has 6 heteroatoms. The number of rotatable bonds is 5. The van der Waals surface area contributed by atoms with Crippen LogP contribution in [0, 0.1) is 17.8 Å². The maximum atomic E-state index is 11.9. The zero-order valence-electron chi connectivity index (χ0n) is 11.2. The Balaban J connectivity index is 1.80. The Morgan fingerprint density at radius 3 is 2.58 bits per heavy atom. The van der Waals surface area contributed by atoms with Crippen LogP contribution in [-0.4, -0.2) is 53.4 Å². The Bertz CT molecular complexity index is 361. The summed E-state index contributed by atoms with van der Waals surface area (Å²) in [5, 5.41) is 20.0. The number of aliphatic carboxylic acids is 1. The molecule has 2 aliphatic rings. The molecule has 2 saturated carbocycles. The highest BCUT2D eigenvalue weighted by Gasteiger charge is 2.40. The smallest absolute Gasteiger partial charge is 0.328 e. The lowest BCUT2D eigenvalue weighted by Crippen LogP contribution is -2.49. The topological polar surface area (TPSA) is 89.9 Å². The maximum Gasteiger partial charge on any atom is 0.328 e. The van der Waals surface area contributed by atoms with Crippen LogP contribution in [0.25, 0.3) is 0 Å². The second kappa shape index (κ2) is 5.77. The highest BCUT2D eigenvalue weighted by atomic mass is 16.4. The minimum Gasteiger partial charge on any atom is -0.480 e. The van der Waals surface area contributed by atoms with Gasteiger partial charge in [0.25, 0.3) is 0 Å². The van der Waals surface area contributed by atoms with Gasteiger partial charge in [0, 0.05) is 13.6 Å². The molecule has 0 aromatic carbocycles. The SMILES string of the molecule is CN(CC1CC2CCC1C2)C(=O)N[C@H](CO)C(=O)O. The molecule has 0 aromatic rings.